The zero-order chi connectivity index (χ0) is 19.8. The predicted octanol–water partition coefficient (Wildman–Crippen LogP) is 3.36. The number of hydrogen-bond acceptors (Lipinski definition) is 4. The molecule has 0 bridgehead atoms. The van der Waals surface area contributed by atoms with Gasteiger partial charge < -0.3 is 10.1 Å². The Kier molecular flexibility index (Phi) is 6.57. The van der Waals surface area contributed by atoms with Crippen molar-refractivity contribution in [3.05, 3.63) is 89.7 Å². The number of ether oxygens (including phenoxy) is 1. The topological polar surface area (TPSA) is 73.2 Å². The lowest BCUT2D eigenvalue weighted by molar-refractivity contribution is -0.143. The number of esters is 1. The van der Waals surface area contributed by atoms with Crippen molar-refractivity contribution in [2.24, 2.45) is 0 Å². The molecule has 1 heterocycles. The number of aromatic nitrogens is 2. The van der Waals surface area contributed by atoms with Crippen LogP contribution in [0.15, 0.2) is 73.1 Å². The first kappa shape index (κ1) is 19.4. The van der Waals surface area contributed by atoms with E-state index in [0.717, 1.165) is 11.1 Å². The van der Waals surface area contributed by atoms with E-state index in [1.807, 2.05) is 59.4 Å². The molecule has 1 aromatic heterocycles. The Hall–Kier alpha value is -3.41. The van der Waals surface area contributed by atoms with Gasteiger partial charge in [0, 0.05) is 18.0 Å². The average Bonchev–Trinajstić information content (AvgIpc) is 3.22. The fraction of sp³-hybridized carbons (Fsp3) is 0.227. The molecule has 144 valence electrons. The normalized spacial score (nSPS) is 11.6. The first-order chi connectivity index (χ1) is 13.7. The van der Waals surface area contributed by atoms with Gasteiger partial charge in [-0.05, 0) is 36.2 Å². The molecule has 1 N–H and O–H groups in total. The molecule has 1 amide bonds. The Morgan fingerprint density at radius 3 is 2.46 bits per heavy atom. The number of carbonyl (C=O) groups is 2. The Balaban J connectivity index is 1.69. The molecule has 0 saturated heterocycles. The number of rotatable bonds is 8. The van der Waals surface area contributed by atoms with E-state index < -0.39 is 6.04 Å². The van der Waals surface area contributed by atoms with Crippen LogP contribution in [0.5, 0.6) is 0 Å². The molecule has 1 atom stereocenters. The number of hydrogen-bond donors (Lipinski definition) is 1. The Bertz CT molecular complexity index is 891. The summed E-state index contributed by atoms with van der Waals surface area (Å²) in [6, 6.07) is 18.2. The van der Waals surface area contributed by atoms with Crippen molar-refractivity contribution in [3.63, 3.8) is 0 Å². The van der Waals surface area contributed by atoms with Crippen LogP contribution in [0.1, 0.15) is 40.9 Å². The highest BCUT2D eigenvalue weighted by molar-refractivity contribution is 5.94. The summed E-state index contributed by atoms with van der Waals surface area (Å²) in [6.45, 7) is 2.72. The van der Waals surface area contributed by atoms with Gasteiger partial charge in [0.2, 0.25) is 0 Å². The lowest BCUT2D eigenvalue weighted by Gasteiger charge is -2.18. The van der Waals surface area contributed by atoms with Gasteiger partial charge in [-0.25, -0.2) is 0 Å². The summed E-state index contributed by atoms with van der Waals surface area (Å²) in [7, 11) is 0. The first-order valence-electron chi connectivity index (χ1n) is 9.23. The second-order valence-corrected chi connectivity index (χ2v) is 6.35. The summed E-state index contributed by atoms with van der Waals surface area (Å²) < 4.78 is 6.87. The van der Waals surface area contributed by atoms with Gasteiger partial charge in [-0.2, -0.15) is 5.10 Å². The third-order valence-corrected chi connectivity index (χ3v) is 4.30. The third-order valence-electron chi connectivity index (χ3n) is 4.30. The van der Waals surface area contributed by atoms with E-state index in [1.165, 1.54) is 0 Å². The largest absolute Gasteiger partial charge is 0.466 e. The van der Waals surface area contributed by atoms with E-state index in [4.69, 9.17) is 4.74 Å². The van der Waals surface area contributed by atoms with Gasteiger partial charge in [0.05, 0.1) is 25.6 Å². The van der Waals surface area contributed by atoms with Crippen LogP contribution < -0.4 is 5.32 Å². The molecule has 6 heteroatoms. The summed E-state index contributed by atoms with van der Waals surface area (Å²) in [4.78, 5) is 24.7. The Morgan fingerprint density at radius 2 is 1.82 bits per heavy atom. The van der Waals surface area contributed by atoms with Crippen LogP contribution in [-0.4, -0.2) is 28.3 Å². The summed E-state index contributed by atoms with van der Waals surface area (Å²) in [6.07, 6.45) is 3.70. The maximum Gasteiger partial charge on any atom is 0.308 e. The van der Waals surface area contributed by atoms with Gasteiger partial charge in [0.25, 0.3) is 5.91 Å². The number of nitrogens with zero attached hydrogens (tertiary/aromatic N) is 2. The lowest BCUT2D eigenvalue weighted by atomic mass is 10.0. The van der Waals surface area contributed by atoms with Crippen LogP contribution in [0.2, 0.25) is 0 Å². The van der Waals surface area contributed by atoms with Crippen molar-refractivity contribution in [2.45, 2.75) is 25.9 Å². The van der Waals surface area contributed by atoms with Gasteiger partial charge in [-0.15, -0.1) is 0 Å². The molecule has 1 unspecified atom stereocenters. The van der Waals surface area contributed by atoms with Gasteiger partial charge in [-0.3, -0.25) is 14.3 Å². The smallest absolute Gasteiger partial charge is 0.308 e. The zero-order valence-electron chi connectivity index (χ0n) is 15.7. The fourth-order valence-corrected chi connectivity index (χ4v) is 2.91. The van der Waals surface area contributed by atoms with E-state index in [-0.39, 0.29) is 18.3 Å². The number of benzene rings is 2. The summed E-state index contributed by atoms with van der Waals surface area (Å²) in [5.74, 6) is -0.574. The Labute approximate surface area is 164 Å². The highest BCUT2D eigenvalue weighted by Crippen LogP contribution is 2.18. The minimum Gasteiger partial charge on any atom is -0.466 e. The molecule has 3 aromatic rings. The SMILES string of the molecule is CCOC(=O)CC(NC(=O)c1ccc(Cn2cccn2)cc1)c1ccccc1. The predicted molar refractivity (Wildman–Crippen MR) is 106 cm³/mol. The van der Waals surface area contributed by atoms with Crippen LogP contribution in [0.4, 0.5) is 0 Å². The van der Waals surface area contributed by atoms with E-state index in [1.54, 1.807) is 25.3 Å². The second-order valence-electron chi connectivity index (χ2n) is 6.35. The maximum absolute atomic E-state index is 12.7. The van der Waals surface area contributed by atoms with Gasteiger partial charge >= 0.3 is 5.97 Å². The second kappa shape index (κ2) is 9.50. The molecular formula is C22H23N3O3. The van der Waals surface area contributed by atoms with Gasteiger partial charge in [0.1, 0.15) is 0 Å². The van der Waals surface area contributed by atoms with Crippen LogP contribution >= 0.6 is 0 Å². The molecule has 0 aliphatic heterocycles. The number of amides is 1. The molecule has 0 fully saturated rings. The molecular weight excluding hydrogens is 354 g/mol. The molecule has 28 heavy (non-hydrogen) atoms. The maximum atomic E-state index is 12.7. The molecule has 0 aliphatic carbocycles. The van der Waals surface area contributed by atoms with Crippen molar-refractivity contribution in [2.75, 3.05) is 6.61 Å². The molecule has 0 aliphatic rings. The van der Waals surface area contributed by atoms with Crippen molar-refractivity contribution in [3.8, 4) is 0 Å². The lowest BCUT2D eigenvalue weighted by Crippen LogP contribution is -2.30. The fourth-order valence-electron chi connectivity index (χ4n) is 2.91. The quantitative estimate of drug-likeness (QED) is 0.611. The highest BCUT2D eigenvalue weighted by atomic mass is 16.5. The summed E-state index contributed by atoms with van der Waals surface area (Å²) in [5.41, 5.74) is 2.44. The van der Waals surface area contributed by atoms with E-state index >= 15 is 0 Å². The average molecular weight is 377 g/mol. The minimum absolute atomic E-state index is 0.0843. The standard InChI is InChI=1S/C22H23N3O3/c1-2-28-21(26)15-20(18-7-4-3-5-8-18)24-22(27)19-11-9-17(10-12-19)16-25-14-6-13-23-25/h3-14,20H,2,15-16H2,1H3,(H,24,27). The van der Waals surface area contributed by atoms with Gasteiger partial charge in [-0.1, -0.05) is 42.5 Å². The highest BCUT2D eigenvalue weighted by Gasteiger charge is 2.20. The molecule has 0 saturated carbocycles. The third kappa shape index (κ3) is 5.30. The van der Waals surface area contributed by atoms with Crippen molar-refractivity contribution >= 4 is 11.9 Å². The van der Waals surface area contributed by atoms with E-state index in [0.29, 0.717) is 18.7 Å². The molecule has 2 aromatic carbocycles. The van der Waals surface area contributed by atoms with Crippen molar-refractivity contribution < 1.29 is 14.3 Å². The van der Waals surface area contributed by atoms with Crippen LogP contribution in [0.25, 0.3) is 0 Å². The van der Waals surface area contributed by atoms with Crippen molar-refractivity contribution in [1.82, 2.24) is 15.1 Å². The molecule has 0 radical (unpaired) electrons. The molecule has 0 spiro atoms. The molecule has 3 rings (SSSR count). The van der Waals surface area contributed by atoms with E-state index in [2.05, 4.69) is 10.4 Å². The number of carbonyl (C=O) groups excluding carboxylic acids is 2. The monoisotopic (exact) mass is 377 g/mol. The van der Waals surface area contributed by atoms with E-state index in [9.17, 15) is 9.59 Å². The first-order valence-corrected chi connectivity index (χ1v) is 9.23. The van der Waals surface area contributed by atoms with Crippen LogP contribution in [-0.2, 0) is 16.1 Å². The number of nitrogens with one attached hydrogen (secondary N) is 1. The van der Waals surface area contributed by atoms with Gasteiger partial charge in [0.15, 0.2) is 0 Å². The summed E-state index contributed by atoms with van der Waals surface area (Å²) in [5, 5.41) is 7.12. The molecule has 6 nitrogen and oxygen atoms in total. The summed E-state index contributed by atoms with van der Waals surface area (Å²) >= 11 is 0. The Morgan fingerprint density at radius 1 is 1.07 bits per heavy atom. The van der Waals surface area contributed by atoms with Crippen LogP contribution in [0.3, 0.4) is 0 Å². The minimum atomic E-state index is -0.448. The van der Waals surface area contributed by atoms with Crippen LogP contribution in [0, 0.1) is 0 Å². The zero-order valence-corrected chi connectivity index (χ0v) is 15.7. The van der Waals surface area contributed by atoms with Crippen molar-refractivity contribution in [1.29, 1.82) is 0 Å².